The van der Waals surface area contributed by atoms with Gasteiger partial charge < -0.3 is 20.5 Å². The fraction of sp³-hybridized carbons (Fsp3) is 0.462. The van der Waals surface area contributed by atoms with Gasteiger partial charge in [-0.1, -0.05) is 87.9 Å². The smallest absolute Gasteiger partial charge is 0.150 e. The number of hydrogen-bond acceptors (Lipinski definition) is 6. The summed E-state index contributed by atoms with van der Waals surface area (Å²) in [6.07, 6.45) is 8.55. The Kier molecular flexibility index (Phi) is 9.96. The van der Waals surface area contributed by atoms with Crippen molar-refractivity contribution in [1.29, 1.82) is 10.8 Å². The molecule has 1 aliphatic rings. The fourth-order valence-corrected chi connectivity index (χ4v) is 5.17. The van der Waals surface area contributed by atoms with Crippen LogP contribution in [-0.2, 0) is 0 Å². The predicted molar refractivity (Wildman–Crippen MR) is 142 cm³/mol. The van der Waals surface area contributed by atoms with Crippen LogP contribution in [0.1, 0.15) is 76.3 Å². The molecule has 0 unspecified atom stereocenters. The second-order valence-corrected chi connectivity index (χ2v) is 9.81. The molecule has 2 aromatic carbocycles. The van der Waals surface area contributed by atoms with Crippen molar-refractivity contribution in [3.05, 3.63) is 40.4 Å². The van der Waals surface area contributed by atoms with E-state index in [9.17, 15) is 0 Å². The zero-order chi connectivity index (χ0) is 24.5. The maximum atomic E-state index is 8.54. The molecule has 1 aliphatic heterocycles. The molecule has 3 rings (SSSR count). The van der Waals surface area contributed by atoms with Crippen molar-refractivity contribution in [3.8, 4) is 11.5 Å². The van der Waals surface area contributed by atoms with E-state index in [0.29, 0.717) is 51.4 Å². The van der Waals surface area contributed by atoms with E-state index in [4.69, 9.17) is 37.6 Å². The van der Waals surface area contributed by atoms with Crippen LogP contribution in [0, 0.1) is 10.8 Å². The highest BCUT2D eigenvalue weighted by atomic mass is 35.5. The quantitative estimate of drug-likeness (QED) is 0.161. The zero-order valence-electron chi connectivity index (χ0n) is 20.1. The minimum Gasteiger partial charge on any atom is -0.492 e. The number of nitrogens with two attached hydrogens (primary N) is 1. The van der Waals surface area contributed by atoms with Gasteiger partial charge in [-0.3, -0.25) is 10.8 Å². The molecule has 0 saturated heterocycles. The summed E-state index contributed by atoms with van der Waals surface area (Å²) in [5, 5.41) is 20.2. The van der Waals surface area contributed by atoms with Gasteiger partial charge in [0, 0.05) is 10.6 Å². The molecule has 0 saturated carbocycles. The number of halogens is 1. The summed E-state index contributed by atoms with van der Waals surface area (Å²) in [4.78, 5) is 1.51. The lowest BCUT2D eigenvalue weighted by Gasteiger charge is -2.20. The van der Waals surface area contributed by atoms with Crippen LogP contribution in [0.15, 0.2) is 34.1 Å². The molecule has 5 N–H and O–H groups in total. The number of rotatable bonds is 14. The van der Waals surface area contributed by atoms with Gasteiger partial charge in [0.15, 0.2) is 5.75 Å². The largest absolute Gasteiger partial charge is 0.492 e. The van der Waals surface area contributed by atoms with Crippen molar-refractivity contribution in [2.45, 2.75) is 75.0 Å². The second-order valence-electron chi connectivity index (χ2n) is 8.38. The van der Waals surface area contributed by atoms with Gasteiger partial charge in [0.1, 0.15) is 22.4 Å². The molecule has 0 aliphatic carbocycles. The first-order valence-electron chi connectivity index (χ1n) is 12.1. The van der Waals surface area contributed by atoms with Gasteiger partial charge in [-0.2, -0.15) is 0 Å². The number of amidine groups is 2. The van der Waals surface area contributed by atoms with E-state index in [2.05, 4.69) is 19.2 Å². The molecule has 0 radical (unpaired) electrons. The Hall–Kier alpha value is -2.38. The van der Waals surface area contributed by atoms with Crippen LogP contribution in [0.3, 0.4) is 0 Å². The number of para-hydroxylation sites is 1. The Labute approximate surface area is 212 Å². The zero-order valence-corrected chi connectivity index (χ0v) is 21.6. The van der Waals surface area contributed by atoms with Gasteiger partial charge in [-0.15, -0.1) is 0 Å². The number of unbranched alkanes of at least 4 members (excludes halogenated alkanes) is 6. The summed E-state index contributed by atoms with van der Waals surface area (Å²) in [6, 6.07) is 7.60. The molecule has 184 valence electrons. The molecule has 0 bridgehead atoms. The van der Waals surface area contributed by atoms with Crippen LogP contribution in [0.5, 0.6) is 11.5 Å². The van der Waals surface area contributed by atoms with Crippen LogP contribution in [0.4, 0.5) is 5.69 Å². The number of fused-ring (bicyclic) bond motifs is 1. The summed E-state index contributed by atoms with van der Waals surface area (Å²) in [5.41, 5.74) is 7.90. The lowest BCUT2D eigenvalue weighted by Crippen LogP contribution is -2.20. The third-order valence-electron chi connectivity index (χ3n) is 5.68. The number of benzene rings is 2. The molecule has 0 atom stereocenters. The highest BCUT2D eigenvalue weighted by molar-refractivity contribution is 7.99. The van der Waals surface area contributed by atoms with Crippen LogP contribution >= 0.6 is 23.4 Å². The van der Waals surface area contributed by atoms with E-state index >= 15 is 0 Å². The molecular formula is C26H35ClN4O2S. The minimum atomic E-state index is 0.108. The van der Waals surface area contributed by atoms with E-state index in [-0.39, 0.29) is 11.7 Å². The first-order valence-corrected chi connectivity index (χ1v) is 13.3. The van der Waals surface area contributed by atoms with Crippen molar-refractivity contribution >= 4 is 40.7 Å². The number of nitrogens with one attached hydrogen (secondary N) is 3. The van der Waals surface area contributed by atoms with Crippen LogP contribution in [0.25, 0.3) is 0 Å². The SMILES string of the molecule is CCCCCCOc1c(Cl)c(Sc2ccccc2N)c(OCCCCCC)c2c1C(=N)NC2=N. The van der Waals surface area contributed by atoms with E-state index in [1.165, 1.54) is 11.8 Å². The molecule has 6 nitrogen and oxygen atoms in total. The summed E-state index contributed by atoms with van der Waals surface area (Å²) in [5.74, 6) is 1.18. The highest BCUT2D eigenvalue weighted by Gasteiger charge is 2.35. The average Bonchev–Trinajstić information content (AvgIpc) is 3.11. The van der Waals surface area contributed by atoms with Crippen LogP contribution in [-0.4, -0.2) is 24.9 Å². The topological polar surface area (TPSA) is 104 Å². The van der Waals surface area contributed by atoms with Crippen LogP contribution in [0.2, 0.25) is 5.02 Å². The number of nitrogen functional groups attached to an aromatic ring is 1. The van der Waals surface area contributed by atoms with Crippen molar-refractivity contribution in [3.63, 3.8) is 0 Å². The molecule has 0 fully saturated rings. The molecule has 8 heteroatoms. The maximum absolute atomic E-state index is 8.54. The van der Waals surface area contributed by atoms with E-state index in [0.717, 1.165) is 56.3 Å². The number of ether oxygens (including phenoxy) is 2. The van der Waals surface area contributed by atoms with Gasteiger partial charge in [-0.25, -0.2) is 0 Å². The standard InChI is InChI=1S/C26H35ClN4O2S/c1-3-5-7-11-15-32-22-19-20(26(30)31-25(19)29)23(33-16-12-8-6-4-2)24(21(22)27)34-18-14-10-9-13-17(18)28/h9-10,13-14H,3-8,11-12,15-16,28H2,1-2H3,(H3,29,30,31). The molecule has 0 amide bonds. The highest BCUT2D eigenvalue weighted by Crippen LogP contribution is 2.51. The third-order valence-corrected chi connectivity index (χ3v) is 7.34. The average molecular weight is 503 g/mol. The fourth-order valence-electron chi connectivity index (χ4n) is 3.83. The summed E-state index contributed by atoms with van der Waals surface area (Å²) >= 11 is 8.36. The first kappa shape index (κ1) is 26.2. The maximum Gasteiger partial charge on any atom is 0.150 e. The van der Waals surface area contributed by atoms with E-state index in [1.54, 1.807) is 0 Å². The monoisotopic (exact) mass is 502 g/mol. The predicted octanol–water partition coefficient (Wildman–Crippen LogP) is 7.25. The van der Waals surface area contributed by atoms with Gasteiger partial charge in [0.05, 0.1) is 29.2 Å². The Morgan fingerprint density at radius 2 is 1.41 bits per heavy atom. The lowest BCUT2D eigenvalue weighted by molar-refractivity contribution is 0.290. The van der Waals surface area contributed by atoms with Crippen LogP contribution < -0.4 is 20.5 Å². The molecule has 0 spiro atoms. The Bertz CT molecular complexity index is 1030. The molecule has 2 aromatic rings. The Balaban J connectivity index is 2.03. The van der Waals surface area contributed by atoms with Gasteiger partial charge >= 0.3 is 0 Å². The Morgan fingerprint density at radius 3 is 2.00 bits per heavy atom. The van der Waals surface area contributed by atoms with Crippen molar-refractivity contribution in [2.24, 2.45) is 0 Å². The third kappa shape index (κ3) is 6.19. The van der Waals surface area contributed by atoms with Crippen molar-refractivity contribution in [2.75, 3.05) is 18.9 Å². The molecule has 34 heavy (non-hydrogen) atoms. The van der Waals surface area contributed by atoms with E-state index in [1.807, 2.05) is 24.3 Å². The lowest BCUT2D eigenvalue weighted by atomic mass is 10.1. The summed E-state index contributed by atoms with van der Waals surface area (Å²) in [6.45, 7) is 5.36. The van der Waals surface area contributed by atoms with Crippen molar-refractivity contribution < 1.29 is 9.47 Å². The first-order chi connectivity index (χ1) is 16.5. The summed E-state index contributed by atoms with van der Waals surface area (Å²) in [7, 11) is 0. The number of hydrogen-bond donors (Lipinski definition) is 4. The van der Waals surface area contributed by atoms with Gasteiger partial charge in [0.2, 0.25) is 0 Å². The van der Waals surface area contributed by atoms with Crippen molar-refractivity contribution in [1.82, 2.24) is 5.32 Å². The molecular weight excluding hydrogens is 468 g/mol. The molecule has 0 aromatic heterocycles. The minimum absolute atomic E-state index is 0.108. The molecule has 1 heterocycles. The van der Waals surface area contributed by atoms with E-state index < -0.39 is 0 Å². The van der Waals surface area contributed by atoms with Gasteiger partial charge in [0.25, 0.3) is 0 Å². The summed E-state index contributed by atoms with van der Waals surface area (Å²) < 4.78 is 12.4. The normalized spacial score (nSPS) is 12.6. The number of anilines is 1. The Morgan fingerprint density at radius 1 is 0.853 bits per heavy atom. The second kappa shape index (κ2) is 12.9. The van der Waals surface area contributed by atoms with Gasteiger partial charge in [-0.05, 0) is 25.0 Å².